The number of anilines is 2. The fraction of sp³-hybridized carbons (Fsp3) is 0.227. The molecule has 2 N–H and O–H groups in total. The number of nitrogens with zero attached hydrogens (tertiary/aromatic N) is 2. The van der Waals surface area contributed by atoms with E-state index in [1.165, 1.54) is 22.6 Å². The normalized spacial score (nSPS) is 12.9. The maximum Gasteiger partial charge on any atom is 0.255 e. The number of benzene rings is 1. The summed E-state index contributed by atoms with van der Waals surface area (Å²) in [5.41, 5.74) is 2.04. The van der Waals surface area contributed by atoms with Crippen molar-refractivity contribution in [2.24, 2.45) is 0 Å². The maximum atomic E-state index is 13.4. The summed E-state index contributed by atoms with van der Waals surface area (Å²) >= 11 is 1.73. The van der Waals surface area contributed by atoms with Crippen molar-refractivity contribution in [1.82, 2.24) is 15.2 Å². The Labute approximate surface area is 177 Å². The first-order valence-electron chi connectivity index (χ1n) is 9.69. The van der Waals surface area contributed by atoms with Gasteiger partial charge in [0.2, 0.25) is 5.91 Å². The Morgan fingerprint density at radius 2 is 2.10 bits per heavy atom. The number of halogens is 1. The topological polar surface area (TPSA) is 74.3 Å². The van der Waals surface area contributed by atoms with Gasteiger partial charge in [-0.05, 0) is 53.8 Å². The Morgan fingerprint density at radius 1 is 1.20 bits per heavy atom. The summed E-state index contributed by atoms with van der Waals surface area (Å²) in [6.45, 7) is 1.58. The molecule has 154 valence electrons. The van der Waals surface area contributed by atoms with Crippen LogP contribution in [0.5, 0.6) is 0 Å². The molecule has 0 spiro atoms. The highest BCUT2D eigenvalue weighted by Crippen LogP contribution is 2.24. The fourth-order valence-electron chi connectivity index (χ4n) is 3.39. The minimum atomic E-state index is -0.382. The highest BCUT2D eigenvalue weighted by Gasteiger charge is 2.21. The SMILES string of the molecule is O=C(NCCC(=O)N1CCc2sccc2C1)c1cccnc1Nc1cccc(F)c1. The predicted molar refractivity (Wildman–Crippen MR) is 114 cm³/mol. The van der Waals surface area contributed by atoms with Gasteiger partial charge in [-0.2, -0.15) is 0 Å². The predicted octanol–water partition coefficient (Wildman–Crippen LogP) is 3.73. The van der Waals surface area contributed by atoms with Crippen molar-refractivity contribution in [2.75, 3.05) is 18.4 Å². The summed E-state index contributed by atoms with van der Waals surface area (Å²) in [6, 6.07) is 11.3. The first kappa shape index (κ1) is 20.0. The van der Waals surface area contributed by atoms with E-state index in [9.17, 15) is 14.0 Å². The van der Waals surface area contributed by atoms with E-state index in [4.69, 9.17) is 0 Å². The Morgan fingerprint density at radius 3 is 2.97 bits per heavy atom. The Bertz CT molecular complexity index is 1070. The first-order chi connectivity index (χ1) is 14.6. The molecule has 1 aliphatic rings. The van der Waals surface area contributed by atoms with Crippen LogP contribution in [0.25, 0.3) is 0 Å². The van der Waals surface area contributed by atoms with E-state index in [1.807, 2.05) is 4.90 Å². The zero-order valence-electron chi connectivity index (χ0n) is 16.2. The molecule has 0 saturated carbocycles. The number of carbonyl (C=O) groups excluding carboxylic acids is 2. The Hall–Kier alpha value is -3.26. The van der Waals surface area contributed by atoms with Crippen molar-refractivity contribution in [3.8, 4) is 0 Å². The number of nitrogens with one attached hydrogen (secondary N) is 2. The zero-order chi connectivity index (χ0) is 20.9. The molecular formula is C22H21FN4O2S. The number of aromatic nitrogens is 1. The van der Waals surface area contributed by atoms with E-state index >= 15 is 0 Å². The monoisotopic (exact) mass is 424 g/mol. The lowest BCUT2D eigenvalue weighted by molar-refractivity contribution is -0.131. The number of pyridine rings is 1. The minimum Gasteiger partial charge on any atom is -0.351 e. The molecule has 1 aromatic carbocycles. The molecule has 3 heterocycles. The minimum absolute atomic E-state index is 0.0245. The van der Waals surface area contributed by atoms with Gasteiger partial charge in [-0.25, -0.2) is 9.37 Å². The molecule has 3 aromatic rings. The van der Waals surface area contributed by atoms with Gasteiger partial charge >= 0.3 is 0 Å². The molecule has 6 nitrogen and oxygen atoms in total. The largest absolute Gasteiger partial charge is 0.351 e. The van der Waals surface area contributed by atoms with Crippen LogP contribution in [0.4, 0.5) is 15.9 Å². The van der Waals surface area contributed by atoms with Crippen molar-refractivity contribution in [1.29, 1.82) is 0 Å². The molecule has 2 amide bonds. The van der Waals surface area contributed by atoms with Gasteiger partial charge in [0, 0.05) is 42.8 Å². The van der Waals surface area contributed by atoms with Crippen molar-refractivity contribution in [2.45, 2.75) is 19.4 Å². The molecule has 0 fully saturated rings. The van der Waals surface area contributed by atoms with Gasteiger partial charge in [0.1, 0.15) is 11.6 Å². The summed E-state index contributed by atoms with van der Waals surface area (Å²) in [5.74, 6) is -0.370. The van der Waals surface area contributed by atoms with Gasteiger partial charge in [0.05, 0.1) is 5.56 Å². The van der Waals surface area contributed by atoms with Gasteiger partial charge in [0.25, 0.3) is 5.91 Å². The van der Waals surface area contributed by atoms with Crippen molar-refractivity contribution < 1.29 is 14.0 Å². The average molecular weight is 425 g/mol. The first-order valence-corrected chi connectivity index (χ1v) is 10.6. The van der Waals surface area contributed by atoms with Crippen LogP contribution in [0.1, 0.15) is 27.2 Å². The van der Waals surface area contributed by atoms with E-state index in [0.717, 1.165) is 6.42 Å². The second-order valence-corrected chi connectivity index (χ2v) is 7.98. The Balaban J connectivity index is 1.33. The molecule has 1 aliphatic heterocycles. The van der Waals surface area contributed by atoms with Crippen molar-refractivity contribution >= 4 is 34.7 Å². The van der Waals surface area contributed by atoms with E-state index in [0.29, 0.717) is 30.2 Å². The summed E-state index contributed by atoms with van der Waals surface area (Å²) < 4.78 is 13.4. The molecule has 8 heteroatoms. The molecule has 0 bridgehead atoms. The third-order valence-electron chi connectivity index (χ3n) is 4.92. The van der Waals surface area contributed by atoms with Crippen LogP contribution >= 0.6 is 11.3 Å². The molecule has 0 radical (unpaired) electrons. The summed E-state index contributed by atoms with van der Waals surface area (Å²) in [6.07, 6.45) is 2.67. The third kappa shape index (κ3) is 4.65. The second-order valence-electron chi connectivity index (χ2n) is 6.98. The quantitative estimate of drug-likeness (QED) is 0.632. The van der Waals surface area contributed by atoms with Crippen LogP contribution in [0, 0.1) is 5.82 Å². The summed E-state index contributed by atoms with van der Waals surface area (Å²) in [7, 11) is 0. The van der Waals surface area contributed by atoms with Crippen molar-refractivity contribution in [3.05, 3.63) is 75.9 Å². The van der Waals surface area contributed by atoms with Crippen LogP contribution < -0.4 is 10.6 Å². The van der Waals surface area contributed by atoms with E-state index in [2.05, 4.69) is 27.1 Å². The average Bonchev–Trinajstić information content (AvgIpc) is 3.22. The molecule has 0 unspecified atom stereocenters. The van der Waals surface area contributed by atoms with Gasteiger partial charge in [-0.15, -0.1) is 11.3 Å². The van der Waals surface area contributed by atoms with Crippen molar-refractivity contribution in [3.63, 3.8) is 0 Å². The number of fused-ring (bicyclic) bond motifs is 1. The molecule has 0 atom stereocenters. The standard InChI is InChI=1S/C22H21FN4O2S/c23-16-3-1-4-17(13-16)26-21-18(5-2-9-24-21)22(29)25-10-6-20(28)27-11-7-19-15(14-27)8-12-30-19/h1-5,8-9,12-13H,6-7,10-11,14H2,(H,24,26)(H,25,29). The van der Waals surface area contributed by atoms with Crippen LogP contribution in [0.3, 0.4) is 0 Å². The number of rotatable bonds is 6. The van der Waals surface area contributed by atoms with Gasteiger partial charge in [-0.3, -0.25) is 9.59 Å². The number of hydrogen-bond donors (Lipinski definition) is 2. The van der Waals surface area contributed by atoms with Gasteiger partial charge in [-0.1, -0.05) is 6.07 Å². The molecular weight excluding hydrogens is 403 g/mol. The van der Waals surface area contributed by atoms with Gasteiger partial charge in [0.15, 0.2) is 0 Å². The lowest BCUT2D eigenvalue weighted by Gasteiger charge is -2.27. The van der Waals surface area contributed by atoms with Crippen LogP contribution in [0.2, 0.25) is 0 Å². The molecule has 0 aliphatic carbocycles. The van der Waals surface area contributed by atoms with E-state index in [1.54, 1.807) is 41.8 Å². The molecule has 0 saturated heterocycles. The van der Waals surface area contributed by atoms with Gasteiger partial charge < -0.3 is 15.5 Å². The van der Waals surface area contributed by atoms with Crippen LogP contribution in [0.15, 0.2) is 54.0 Å². The number of carbonyl (C=O) groups is 2. The maximum absolute atomic E-state index is 13.4. The summed E-state index contributed by atoms with van der Waals surface area (Å²) in [4.78, 5) is 32.5. The highest BCUT2D eigenvalue weighted by molar-refractivity contribution is 7.10. The van der Waals surface area contributed by atoms with Crippen LogP contribution in [-0.2, 0) is 17.8 Å². The smallest absolute Gasteiger partial charge is 0.255 e. The third-order valence-corrected chi connectivity index (χ3v) is 5.95. The fourth-order valence-corrected chi connectivity index (χ4v) is 4.28. The van der Waals surface area contributed by atoms with E-state index < -0.39 is 0 Å². The second kappa shape index (κ2) is 9.04. The summed E-state index contributed by atoms with van der Waals surface area (Å²) in [5, 5.41) is 7.81. The number of hydrogen-bond acceptors (Lipinski definition) is 5. The highest BCUT2D eigenvalue weighted by atomic mass is 32.1. The zero-order valence-corrected chi connectivity index (χ0v) is 17.0. The molecule has 30 heavy (non-hydrogen) atoms. The number of amides is 2. The van der Waals surface area contributed by atoms with E-state index in [-0.39, 0.29) is 30.6 Å². The molecule has 4 rings (SSSR count). The molecule has 2 aromatic heterocycles. The number of thiophene rings is 1. The lowest BCUT2D eigenvalue weighted by atomic mass is 10.1. The lowest BCUT2D eigenvalue weighted by Crippen LogP contribution is -2.37. The Kier molecular flexibility index (Phi) is 6.04. The van der Waals surface area contributed by atoms with Crippen LogP contribution in [-0.4, -0.2) is 34.8 Å².